The van der Waals surface area contributed by atoms with Crippen molar-refractivity contribution in [2.75, 3.05) is 21.0 Å². The van der Waals surface area contributed by atoms with Crippen molar-refractivity contribution in [3.8, 4) is 16.9 Å². The lowest BCUT2D eigenvalue weighted by atomic mass is 9.96. The highest BCUT2D eigenvalue weighted by Crippen LogP contribution is 2.33. The molecular weight excluding hydrogens is 486 g/mol. The minimum absolute atomic E-state index is 0.145. The van der Waals surface area contributed by atoms with Gasteiger partial charge >= 0.3 is 5.97 Å². The van der Waals surface area contributed by atoms with Crippen LogP contribution in [0.2, 0.25) is 0 Å². The van der Waals surface area contributed by atoms with Gasteiger partial charge in [0.05, 0.1) is 13.7 Å². The lowest BCUT2D eigenvalue weighted by molar-refractivity contribution is 0.0511. The van der Waals surface area contributed by atoms with Crippen LogP contribution in [-0.2, 0) is 16.0 Å². The Kier molecular flexibility index (Phi) is 6.91. The average Bonchev–Trinajstić information content (AvgIpc) is 2.85. The van der Waals surface area contributed by atoms with E-state index in [-0.39, 0.29) is 24.6 Å². The molecule has 0 aliphatic carbocycles. The molecule has 0 unspecified atom stereocenters. The van der Waals surface area contributed by atoms with E-state index in [0.29, 0.717) is 22.1 Å². The molecule has 4 aromatic rings. The Morgan fingerprint density at radius 3 is 2.33 bits per heavy atom. The van der Waals surface area contributed by atoms with Gasteiger partial charge in [-0.1, -0.05) is 58.4 Å². The van der Waals surface area contributed by atoms with Gasteiger partial charge in [-0.25, -0.2) is 4.79 Å². The predicted octanol–water partition coefficient (Wildman–Crippen LogP) is 5.25. The average molecular weight is 508 g/mol. The molecule has 0 saturated carbocycles. The summed E-state index contributed by atoms with van der Waals surface area (Å²) in [4.78, 5) is 26.6. The van der Waals surface area contributed by atoms with Crippen molar-refractivity contribution in [2.45, 2.75) is 6.54 Å². The highest BCUT2D eigenvalue weighted by atomic mass is 79.9. The Labute approximate surface area is 199 Å². The van der Waals surface area contributed by atoms with Crippen LogP contribution in [0.4, 0.5) is 0 Å². The van der Waals surface area contributed by atoms with E-state index in [0.717, 1.165) is 15.6 Å². The molecule has 1 aromatic heterocycles. The van der Waals surface area contributed by atoms with Gasteiger partial charge in [-0.3, -0.25) is 9.36 Å². The standard InChI is InChI=1S/C26H22BrNO5/c1-31-16-33-20-11-8-17(9-12-20)15-28-24(26(30)32-2)23(18-6-4-3-5-7-18)22-14-19(27)10-13-21(22)25(28)29/h3-14H,15-16H2,1-2H3. The zero-order chi connectivity index (χ0) is 23.4. The van der Waals surface area contributed by atoms with Gasteiger partial charge in [-0.15, -0.1) is 0 Å². The molecule has 6 nitrogen and oxygen atoms in total. The van der Waals surface area contributed by atoms with E-state index in [1.54, 1.807) is 25.3 Å². The number of hydrogen-bond donors (Lipinski definition) is 0. The van der Waals surface area contributed by atoms with Gasteiger partial charge in [-0.05, 0) is 46.8 Å². The van der Waals surface area contributed by atoms with Crippen LogP contribution in [-0.4, -0.2) is 31.5 Å². The van der Waals surface area contributed by atoms with Crippen LogP contribution in [0.25, 0.3) is 21.9 Å². The zero-order valence-electron chi connectivity index (χ0n) is 18.2. The third-order valence-corrected chi connectivity index (χ3v) is 5.78. The van der Waals surface area contributed by atoms with Crippen LogP contribution in [0.3, 0.4) is 0 Å². The number of benzene rings is 3. The topological polar surface area (TPSA) is 66.8 Å². The van der Waals surface area contributed by atoms with Crippen LogP contribution in [0.5, 0.6) is 5.75 Å². The number of ether oxygens (including phenoxy) is 3. The number of pyridine rings is 1. The maximum Gasteiger partial charge on any atom is 0.355 e. The summed E-state index contributed by atoms with van der Waals surface area (Å²) >= 11 is 3.49. The first-order valence-electron chi connectivity index (χ1n) is 10.2. The second-order valence-electron chi connectivity index (χ2n) is 7.36. The molecule has 0 amide bonds. The SMILES string of the molecule is COCOc1ccc(Cn2c(C(=O)OC)c(-c3ccccc3)c3cc(Br)ccc3c2=O)cc1. The number of esters is 1. The molecular formula is C26H22BrNO5. The molecule has 0 fully saturated rings. The molecule has 33 heavy (non-hydrogen) atoms. The molecule has 0 aliphatic heterocycles. The number of nitrogens with zero attached hydrogens (tertiary/aromatic N) is 1. The van der Waals surface area contributed by atoms with Crippen molar-refractivity contribution in [3.05, 3.63) is 98.9 Å². The highest BCUT2D eigenvalue weighted by molar-refractivity contribution is 9.10. The van der Waals surface area contributed by atoms with Crippen molar-refractivity contribution in [1.82, 2.24) is 4.57 Å². The van der Waals surface area contributed by atoms with Crippen LogP contribution >= 0.6 is 15.9 Å². The number of aromatic nitrogens is 1. The van der Waals surface area contributed by atoms with Gasteiger partial charge in [0.1, 0.15) is 11.4 Å². The van der Waals surface area contributed by atoms with Crippen LogP contribution < -0.4 is 10.3 Å². The lowest BCUT2D eigenvalue weighted by Crippen LogP contribution is -2.28. The van der Waals surface area contributed by atoms with Crippen LogP contribution in [0.15, 0.2) is 82.1 Å². The summed E-state index contributed by atoms with van der Waals surface area (Å²) in [5, 5.41) is 1.20. The molecule has 0 saturated heterocycles. The van der Waals surface area contributed by atoms with Crippen molar-refractivity contribution >= 4 is 32.7 Å². The summed E-state index contributed by atoms with van der Waals surface area (Å²) < 4.78 is 17.8. The molecule has 3 aromatic carbocycles. The minimum atomic E-state index is -0.576. The summed E-state index contributed by atoms with van der Waals surface area (Å²) in [7, 11) is 2.87. The molecule has 7 heteroatoms. The Morgan fingerprint density at radius 2 is 1.67 bits per heavy atom. The van der Waals surface area contributed by atoms with Gasteiger partial charge in [-0.2, -0.15) is 0 Å². The molecule has 0 atom stereocenters. The predicted molar refractivity (Wildman–Crippen MR) is 131 cm³/mol. The monoisotopic (exact) mass is 507 g/mol. The number of rotatable bonds is 7. The molecule has 0 aliphatic rings. The van der Waals surface area contributed by atoms with E-state index in [4.69, 9.17) is 14.2 Å². The van der Waals surface area contributed by atoms with Gasteiger partial charge < -0.3 is 14.2 Å². The van der Waals surface area contributed by atoms with E-state index in [2.05, 4.69) is 15.9 Å². The molecule has 168 valence electrons. The summed E-state index contributed by atoms with van der Waals surface area (Å²) in [5.41, 5.74) is 2.25. The second kappa shape index (κ2) is 10.0. The molecule has 0 radical (unpaired) electrons. The molecule has 0 bridgehead atoms. The maximum atomic E-state index is 13.6. The number of fused-ring (bicyclic) bond motifs is 1. The van der Waals surface area contributed by atoms with Gasteiger partial charge in [0.2, 0.25) is 0 Å². The van der Waals surface area contributed by atoms with Crippen molar-refractivity contribution in [3.63, 3.8) is 0 Å². The van der Waals surface area contributed by atoms with Gasteiger partial charge in [0.15, 0.2) is 6.79 Å². The Balaban J connectivity index is 1.96. The van der Waals surface area contributed by atoms with Gasteiger partial charge in [0.25, 0.3) is 5.56 Å². The van der Waals surface area contributed by atoms with E-state index >= 15 is 0 Å². The van der Waals surface area contributed by atoms with Crippen molar-refractivity contribution < 1.29 is 19.0 Å². The first-order chi connectivity index (χ1) is 16.0. The molecule has 1 heterocycles. The smallest absolute Gasteiger partial charge is 0.355 e. The first-order valence-corrected chi connectivity index (χ1v) is 11.0. The molecule has 0 N–H and O–H groups in total. The van der Waals surface area contributed by atoms with E-state index < -0.39 is 5.97 Å². The van der Waals surface area contributed by atoms with E-state index in [1.165, 1.54) is 11.7 Å². The van der Waals surface area contributed by atoms with Crippen molar-refractivity contribution in [1.29, 1.82) is 0 Å². The first kappa shape index (κ1) is 22.8. The fourth-order valence-electron chi connectivity index (χ4n) is 3.78. The Bertz CT molecular complexity index is 1350. The Hall–Kier alpha value is -3.42. The van der Waals surface area contributed by atoms with Gasteiger partial charge in [0, 0.05) is 22.5 Å². The fourth-order valence-corrected chi connectivity index (χ4v) is 4.14. The van der Waals surface area contributed by atoms with Crippen molar-refractivity contribution in [2.24, 2.45) is 0 Å². The van der Waals surface area contributed by atoms with E-state index in [1.807, 2.05) is 54.6 Å². The maximum absolute atomic E-state index is 13.6. The number of halogens is 1. The minimum Gasteiger partial charge on any atom is -0.468 e. The molecule has 0 spiro atoms. The lowest BCUT2D eigenvalue weighted by Gasteiger charge is -2.19. The highest BCUT2D eigenvalue weighted by Gasteiger charge is 2.24. The summed E-state index contributed by atoms with van der Waals surface area (Å²) in [6.45, 7) is 0.339. The summed E-state index contributed by atoms with van der Waals surface area (Å²) in [5.74, 6) is 0.0716. The summed E-state index contributed by atoms with van der Waals surface area (Å²) in [6, 6.07) is 22.3. The zero-order valence-corrected chi connectivity index (χ0v) is 19.8. The number of carbonyl (C=O) groups excluding carboxylic acids is 1. The molecule has 4 rings (SSSR count). The second-order valence-corrected chi connectivity index (χ2v) is 8.27. The number of methoxy groups -OCH3 is 2. The number of carbonyl (C=O) groups is 1. The fraction of sp³-hybridized carbons (Fsp3) is 0.154. The number of hydrogen-bond acceptors (Lipinski definition) is 5. The third-order valence-electron chi connectivity index (χ3n) is 5.28. The van der Waals surface area contributed by atoms with Crippen LogP contribution in [0.1, 0.15) is 16.1 Å². The van der Waals surface area contributed by atoms with Crippen LogP contribution in [0, 0.1) is 0 Å². The Morgan fingerprint density at radius 1 is 0.939 bits per heavy atom. The third kappa shape index (κ3) is 4.69. The van der Waals surface area contributed by atoms with E-state index in [9.17, 15) is 9.59 Å². The largest absolute Gasteiger partial charge is 0.468 e. The normalized spacial score (nSPS) is 10.9. The quantitative estimate of drug-likeness (QED) is 0.252. The summed E-state index contributed by atoms with van der Waals surface area (Å²) in [6.07, 6.45) is 0.